The number of nitrogens with zero attached hydrogens (tertiary/aromatic N) is 2. The summed E-state index contributed by atoms with van der Waals surface area (Å²) in [4.78, 5) is 3.05. The van der Waals surface area contributed by atoms with Gasteiger partial charge in [-0.3, -0.25) is 0 Å². The van der Waals surface area contributed by atoms with Gasteiger partial charge in [-0.05, 0) is 18.8 Å². The largest absolute Gasteiger partial charge is 0.354 e. The van der Waals surface area contributed by atoms with Gasteiger partial charge in [0.1, 0.15) is 0 Å². The van der Waals surface area contributed by atoms with Crippen LogP contribution < -0.4 is 5.32 Å². The number of rotatable bonds is 3. The summed E-state index contributed by atoms with van der Waals surface area (Å²) < 4.78 is 0.839. The van der Waals surface area contributed by atoms with Gasteiger partial charge in [0.05, 0.1) is 0 Å². The van der Waals surface area contributed by atoms with E-state index < -0.39 is 0 Å². The molecule has 0 saturated heterocycles. The van der Waals surface area contributed by atoms with Gasteiger partial charge in [0, 0.05) is 29.1 Å². The Labute approximate surface area is 91.0 Å². The van der Waals surface area contributed by atoms with Crippen LogP contribution in [0.3, 0.4) is 0 Å². The fraction of sp³-hybridized carbons (Fsp3) is 0.750. The van der Waals surface area contributed by atoms with Crippen LogP contribution in [0.4, 0.5) is 5.95 Å². The fourth-order valence-electron chi connectivity index (χ4n) is 1.78. The Hall–Kier alpha value is -0.330. The topological polar surface area (TPSA) is 53.6 Å². The van der Waals surface area contributed by atoms with Crippen molar-refractivity contribution in [1.82, 2.24) is 15.2 Å². The van der Waals surface area contributed by atoms with Crippen molar-refractivity contribution >= 4 is 28.5 Å². The third kappa shape index (κ3) is 2.55. The summed E-state index contributed by atoms with van der Waals surface area (Å²) in [5.74, 6) is 1.64. The van der Waals surface area contributed by atoms with Gasteiger partial charge >= 0.3 is 0 Å². The maximum atomic E-state index is 3.95. The molecule has 5 heteroatoms. The molecule has 1 fully saturated rings. The van der Waals surface area contributed by atoms with Crippen molar-refractivity contribution in [3.8, 4) is 0 Å². The molecule has 13 heavy (non-hydrogen) atoms. The van der Waals surface area contributed by atoms with E-state index >= 15 is 0 Å². The summed E-state index contributed by atoms with van der Waals surface area (Å²) in [6.45, 7) is 1.03. The summed E-state index contributed by atoms with van der Waals surface area (Å²) in [7, 11) is 0. The van der Waals surface area contributed by atoms with E-state index in [1.54, 1.807) is 0 Å². The van der Waals surface area contributed by atoms with Gasteiger partial charge in [-0.15, -0.1) is 10.2 Å². The molecule has 1 heterocycles. The molecule has 0 aliphatic heterocycles. The SMILES string of the molecule is Ic1nnc(NCC2CCCC2)[nH]1. The first-order valence-corrected chi connectivity index (χ1v) is 5.74. The molecule has 2 N–H and O–H groups in total. The lowest BCUT2D eigenvalue weighted by atomic mass is 10.1. The third-order valence-electron chi connectivity index (χ3n) is 2.49. The number of hydrogen-bond acceptors (Lipinski definition) is 3. The quantitative estimate of drug-likeness (QED) is 0.838. The zero-order valence-electron chi connectivity index (χ0n) is 7.39. The standard InChI is InChI=1S/C8H13IN4/c9-7-11-8(13-12-7)10-5-6-3-1-2-4-6/h6H,1-5H2,(H2,10,11,12,13). The number of anilines is 1. The van der Waals surface area contributed by atoms with Crippen molar-refractivity contribution in [3.63, 3.8) is 0 Å². The fourth-order valence-corrected chi connectivity index (χ4v) is 2.14. The highest BCUT2D eigenvalue weighted by atomic mass is 127. The zero-order chi connectivity index (χ0) is 9.10. The summed E-state index contributed by atoms with van der Waals surface area (Å²) in [6, 6.07) is 0. The second-order valence-electron chi connectivity index (χ2n) is 3.50. The minimum Gasteiger partial charge on any atom is -0.354 e. The molecule has 1 aromatic heterocycles. The first-order valence-electron chi connectivity index (χ1n) is 4.66. The monoisotopic (exact) mass is 292 g/mol. The molecule has 0 aromatic carbocycles. The number of H-pyrrole nitrogens is 1. The van der Waals surface area contributed by atoms with E-state index in [1.807, 2.05) is 0 Å². The molecule has 72 valence electrons. The van der Waals surface area contributed by atoms with Gasteiger partial charge in [0.25, 0.3) is 0 Å². The van der Waals surface area contributed by atoms with Crippen LogP contribution in [0.1, 0.15) is 25.7 Å². The van der Waals surface area contributed by atoms with Gasteiger partial charge < -0.3 is 10.3 Å². The van der Waals surface area contributed by atoms with Crippen LogP contribution in [0.15, 0.2) is 0 Å². The molecule has 0 unspecified atom stereocenters. The molecule has 1 aliphatic carbocycles. The Morgan fingerprint density at radius 2 is 2.15 bits per heavy atom. The average Bonchev–Trinajstić information content (AvgIpc) is 2.71. The lowest BCUT2D eigenvalue weighted by Gasteiger charge is -2.08. The van der Waals surface area contributed by atoms with Gasteiger partial charge in [0.15, 0.2) is 3.83 Å². The van der Waals surface area contributed by atoms with Gasteiger partial charge in [-0.2, -0.15) is 0 Å². The summed E-state index contributed by atoms with van der Waals surface area (Å²) >= 11 is 2.12. The van der Waals surface area contributed by atoms with E-state index in [-0.39, 0.29) is 0 Å². The molecule has 1 aromatic rings. The lowest BCUT2D eigenvalue weighted by molar-refractivity contribution is 0.578. The Morgan fingerprint density at radius 1 is 1.38 bits per heavy atom. The van der Waals surface area contributed by atoms with E-state index in [4.69, 9.17) is 0 Å². The second kappa shape index (κ2) is 4.26. The van der Waals surface area contributed by atoms with Crippen LogP contribution in [0.2, 0.25) is 0 Å². The van der Waals surface area contributed by atoms with Crippen molar-refractivity contribution in [2.45, 2.75) is 25.7 Å². The minimum absolute atomic E-state index is 0.802. The lowest BCUT2D eigenvalue weighted by Crippen LogP contribution is -2.11. The van der Waals surface area contributed by atoms with E-state index in [0.717, 1.165) is 22.2 Å². The highest BCUT2D eigenvalue weighted by Gasteiger charge is 2.14. The Balaban J connectivity index is 1.78. The first kappa shape index (κ1) is 9.23. The predicted molar refractivity (Wildman–Crippen MR) is 59.5 cm³/mol. The Kier molecular flexibility index (Phi) is 3.02. The van der Waals surface area contributed by atoms with Gasteiger partial charge in [0.2, 0.25) is 5.95 Å². The van der Waals surface area contributed by atoms with Crippen LogP contribution >= 0.6 is 22.6 Å². The third-order valence-corrected chi connectivity index (χ3v) is 2.98. The minimum atomic E-state index is 0.802. The normalized spacial score (nSPS) is 17.9. The van der Waals surface area contributed by atoms with Crippen molar-refractivity contribution < 1.29 is 0 Å². The smallest absolute Gasteiger partial charge is 0.222 e. The molecule has 0 bridgehead atoms. The number of nitrogens with one attached hydrogen (secondary N) is 2. The predicted octanol–water partition coefficient (Wildman–Crippen LogP) is 2.01. The van der Waals surface area contributed by atoms with Crippen LogP contribution in [0, 0.1) is 9.75 Å². The first-order chi connectivity index (χ1) is 6.34. The van der Waals surface area contributed by atoms with Gasteiger partial charge in [-0.25, -0.2) is 0 Å². The van der Waals surface area contributed by atoms with Crippen molar-refractivity contribution in [2.24, 2.45) is 5.92 Å². The number of halogens is 1. The second-order valence-corrected chi connectivity index (χ2v) is 4.52. The van der Waals surface area contributed by atoms with E-state index in [0.29, 0.717) is 0 Å². The summed E-state index contributed by atoms with van der Waals surface area (Å²) in [5.41, 5.74) is 0. The van der Waals surface area contributed by atoms with E-state index in [1.165, 1.54) is 25.7 Å². The highest BCUT2D eigenvalue weighted by molar-refractivity contribution is 14.1. The highest BCUT2D eigenvalue weighted by Crippen LogP contribution is 2.24. The number of hydrogen-bond donors (Lipinski definition) is 2. The van der Waals surface area contributed by atoms with Crippen LogP contribution in [0.5, 0.6) is 0 Å². The Bertz CT molecular complexity index is 267. The van der Waals surface area contributed by atoms with Crippen LogP contribution in [0.25, 0.3) is 0 Å². The summed E-state index contributed by atoms with van der Waals surface area (Å²) in [6.07, 6.45) is 5.50. The van der Waals surface area contributed by atoms with Crippen molar-refractivity contribution in [3.05, 3.63) is 3.83 Å². The molecule has 0 atom stereocenters. The maximum Gasteiger partial charge on any atom is 0.222 e. The van der Waals surface area contributed by atoms with Crippen molar-refractivity contribution in [1.29, 1.82) is 0 Å². The molecule has 0 amide bonds. The van der Waals surface area contributed by atoms with E-state index in [9.17, 15) is 0 Å². The van der Waals surface area contributed by atoms with E-state index in [2.05, 4.69) is 43.1 Å². The molecule has 4 nitrogen and oxygen atoms in total. The molecule has 2 rings (SSSR count). The van der Waals surface area contributed by atoms with Crippen LogP contribution in [-0.4, -0.2) is 21.7 Å². The molecular formula is C8H13IN4. The molecule has 1 saturated carbocycles. The molecule has 0 spiro atoms. The van der Waals surface area contributed by atoms with Gasteiger partial charge in [-0.1, -0.05) is 12.8 Å². The zero-order valence-corrected chi connectivity index (χ0v) is 9.54. The molecule has 1 aliphatic rings. The maximum absolute atomic E-state index is 3.95. The average molecular weight is 292 g/mol. The number of aromatic amines is 1. The molecular weight excluding hydrogens is 279 g/mol. The van der Waals surface area contributed by atoms with Crippen molar-refractivity contribution in [2.75, 3.05) is 11.9 Å². The summed E-state index contributed by atoms with van der Waals surface area (Å²) in [5, 5.41) is 11.1. The number of aromatic nitrogens is 3. The van der Waals surface area contributed by atoms with Crippen LogP contribution in [-0.2, 0) is 0 Å². The molecule has 0 radical (unpaired) electrons. The Morgan fingerprint density at radius 3 is 2.77 bits per heavy atom.